The van der Waals surface area contributed by atoms with Gasteiger partial charge in [0.1, 0.15) is 0 Å². The minimum atomic E-state index is 0.544. The van der Waals surface area contributed by atoms with Gasteiger partial charge in [0.05, 0.1) is 16.4 Å². The summed E-state index contributed by atoms with van der Waals surface area (Å²) in [5, 5.41) is 8.20. The fraction of sp³-hybridized carbons (Fsp3) is 0.417. The minimum absolute atomic E-state index is 0.544. The van der Waals surface area contributed by atoms with Crippen LogP contribution in [0.2, 0.25) is 5.02 Å². The van der Waals surface area contributed by atoms with Crippen molar-refractivity contribution in [3.05, 3.63) is 34.4 Å². The molecule has 0 saturated carbocycles. The van der Waals surface area contributed by atoms with E-state index in [-0.39, 0.29) is 0 Å². The van der Waals surface area contributed by atoms with Crippen LogP contribution >= 0.6 is 11.6 Å². The molecular weight excluding hydrogens is 250 g/mol. The molecule has 0 bridgehead atoms. The summed E-state index contributed by atoms with van der Waals surface area (Å²) in [6.45, 7) is 7.53. The van der Waals surface area contributed by atoms with Gasteiger partial charge in [0.15, 0.2) is 0 Å². The molecule has 0 aliphatic heterocycles. The van der Waals surface area contributed by atoms with Gasteiger partial charge in [0.2, 0.25) is 0 Å². The lowest BCUT2D eigenvalue weighted by Crippen LogP contribution is -2.13. The predicted octanol–water partition coefficient (Wildman–Crippen LogP) is 2.04. The van der Waals surface area contributed by atoms with Crippen LogP contribution in [0.4, 0.5) is 0 Å². The Labute approximate surface area is 111 Å². The first-order chi connectivity index (χ1) is 8.63. The zero-order valence-corrected chi connectivity index (χ0v) is 11.5. The average Bonchev–Trinajstić information content (AvgIpc) is 2.65. The molecule has 5 nitrogen and oxygen atoms in total. The number of nitrogens with zero attached hydrogens (tertiary/aromatic N) is 4. The zero-order valence-electron chi connectivity index (χ0n) is 10.7. The first-order valence-corrected chi connectivity index (χ1v) is 6.25. The summed E-state index contributed by atoms with van der Waals surface area (Å²) in [6, 6.07) is 0. The van der Waals surface area contributed by atoms with Gasteiger partial charge < -0.3 is 5.32 Å². The Hall–Kier alpha value is -1.46. The van der Waals surface area contributed by atoms with Crippen LogP contribution < -0.4 is 5.32 Å². The Balaban J connectivity index is 2.26. The summed E-state index contributed by atoms with van der Waals surface area (Å²) < 4.78 is 1.66. The fourth-order valence-corrected chi connectivity index (χ4v) is 1.75. The third kappa shape index (κ3) is 2.52. The van der Waals surface area contributed by atoms with E-state index in [0.29, 0.717) is 11.0 Å². The van der Waals surface area contributed by atoms with E-state index in [1.165, 1.54) is 0 Å². The predicted molar refractivity (Wildman–Crippen MR) is 71.0 cm³/mol. The number of nitrogens with one attached hydrogen (secondary N) is 1. The Bertz CT molecular complexity index is 532. The van der Waals surface area contributed by atoms with E-state index in [1.54, 1.807) is 17.1 Å². The summed E-state index contributed by atoms with van der Waals surface area (Å²) in [7, 11) is 0. The van der Waals surface area contributed by atoms with Gasteiger partial charge in [-0.25, -0.2) is 14.6 Å². The molecule has 96 valence electrons. The summed E-state index contributed by atoms with van der Waals surface area (Å²) in [5.41, 5.74) is 2.69. The molecule has 0 radical (unpaired) electrons. The highest BCUT2D eigenvalue weighted by atomic mass is 35.5. The third-order valence-electron chi connectivity index (χ3n) is 2.66. The molecule has 2 aromatic rings. The van der Waals surface area contributed by atoms with E-state index in [9.17, 15) is 0 Å². The number of hydrogen-bond acceptors (Lipinski definition) is 4. The molecule has 0 amide bonds. The highest BCUT2D eigenvalue weighted by molar-refractivity contribution is 6.31. The maximum atomic E-state index is 6.10. The Morgan fingerprint density at radius 2 is 1.94 bits per heavy atom. The molecule has 0 saturated heterocycles. The van der Waals surface area contributed by atoms with E-state index < -0.39 is 0 Å². The number of halogens is 1. The van der Waals surface area contributed by atoms with Crippen molar-refractivity contribution in [3.63, 3.8) is 0 Å². The van der Waals surface area contributed by atoms with Gasteiger partial charge in [-0.2, -0.15) is 5.10 Å². The van der Waals surface area contributed by atoms with Crippen molar-refractivity contribution in [1.82, 2.24) is 25.1 Å². The van der Waals surface area contributed by atoms with Gasteiger partial charge in [0, 0.05) is 24.5 Å². The van der Waals surface area contributed by atoms with Crippen molar-refractivity contribution >= 4 is 11.6 Å². The molecule has 0 spiro atoms. The van der Waals surface area contributed by atoms with Gasteiger partial charge in [-0.3, -0.25) is 0 Å². The molecular formula is C12H16ClN5. The van der Waals surface area contributed by atoms with Crippen molar-refractivity contribution in [2.75, 3.05) is 6.54 Å². The van der Waals surface area contributed by atoms with Crippen LogP contribution in [0.5, 0.6) is 0 Å². The van der Waals surface area contributed by atoms with Crippen LogP contribution in [0.25, 0.3) is 5.95 Å². The van der Waals surface area contributed by atoms with Crippen LogP contribution in [0.3, 0.4) is 0 Å². The van der Waals surface area contributed by atoms with Gasteiger partial charge >= 0.3 is 0 Å². The van der Waals surface area contributed by atoms with Crippen LogP contribution in [-0.4, -0.2) is 26.3 Å². The normalized spacial score (nSPS) is 10.9. The fourth-order valence-electron chi connectivity index (χ4n) is 1.64. The summed E-state index contributed by atoms with van der Waals surface area (Å²) in [5.74, 6) is 0.544. The van der Waals surface area contributed by atoms with Gasteiger partial charge in [-0.05, 0) is 20.4 Å². The first-order valence-electron chi connectivity index (χ1n) is 5.87. The maximum Gasteiger partial charge on any atom is 0.250 e. The van der Waals surface area contributed by atoms with Gasteiger partial charge in [-0.15, -0.1) is 0 Å². The second-order valence-electron chi connectivity index (χ2n) is 4.07. The monoisotopic (exact) mass is 265 g/mol. The van der Waals surface area contributed by atoms with Gasteiger partial charge in [-0.1, -0.05) is 18.5 Å². The Kier molecular flexibility index (Phi) is 3.93. The molecule has 2 rings (SSSR count). The molecule has 1 N–H and O–H groups in total. The SMILES string of the molecule is CCNCc1cnc(-n2nc(C)c(Cl)c2C)nc1. The van der Waals surface area contributed by atoms with Crippen LogP contribution in [0, 0.1) is 13.8 Å². The van der Waals surface area contributed by atoms with E-state index in [2.05, 4.69) is 27.3 Å². The second-order valence-corrected chi connectivity index (χ2v) is 4.45. The highest BCUT2D eigenvalue weighted by Gasteiger charge is 2.12. The number of rotatable bonds is 4. The summed E-state index contributed by atoms with van der Waals surface area (Å²) >= 11 is 6.10. The molecule has 0 atom stereocenters. The van der Waals surface area contributed by atoms with Crippen molar-refractivity contribution < 1.29 is 0 Å². The van der Waals surface area contributed by atoms with E-state index in [4.69, 9.17) is 11.6 Å². The van der Waals surface area contributed by atoms with Crippen molar-refractivity contribution in [2.24, 2.45) is 0 Å². The number of hydrogen-bond donors (Lipinski definition) is 1. The molecule has 0 unspecified atom stereocenters. The first kappa shape index (κ1) is 13.0. The molecule has 18 heavy (non-hydrogen) atoms. The minimum Gasteiger partial charge on any atom is -0.313 e. The molecule has 2 heterocycles. The van der Waals surface area contributed by atoms with Crippen LogP contribution in [-0.2, 0) is 6.54 Å². The summed E-state index contributed by atoms with van der Waals surface area (Å²) in [4.78, 5) is 8.62. The largest absolute Gasteiger partial charge is 0.313 e. The molecule has 0 fully saturated rings. The quantitative estimate of drug-likeness (QED) is 0.919. The smallest absolute Gasteiger partial charge is 0.250 e. The molecule has 0 aliphatic rings. The number of aromatic nitrogens is 4. The van der Waals surface area contributed by atoms with Crippen LogP contribution in [0.15, 0.2) is 12.4 Å². The lowest BCUT2D eigenvalue weighted by atomic mass is 10.3. The van der Waals surface area contributed by atoms with Crippen molar-refractivity contribution in [1.29, 1.82) is 0 Å². The zero-order chi connectivity index (χ0) is 13.1. The summed E-state index contributed by atoms with van der Waals surface area (Å²) in [6.07, 6.45) is 3.60. The second kappa shape index (κ2) is 5.46. The lowest BCUT2D eigenvalue weighted by molar-refractivity contribution is 0.712. The Morgan fingerprint density at radius 1 is 1.28 bits per heavy atom. The van der Waals surface area contributed by atoms with Gasteiger partial charge in [0.25, 0.3) is 5.95 Å². The molecule has 0 aromatic carbocycles. The maximum absolute atomic E-state index is 6.10. The number of aryl methyl sites for hydroxylation is 1. The van der Waals surface area contributed by atoms with Crippen LogP contribution in [0.1, 0.15) is 23.9 Å². The molecule has 6 heteroatoms. The third-order valence-corrected chi connectivity index (χ3v) is 3.21. The average molecular weight is 266 g/mol. The van der Waals surface area contributed by atoms with Crippen molar-refractivity contribution in [3.8, 4) is 5.95 Å². The molecule has 2 aromatic heterocycles. The van der Waals surface area contributed by atoms with E-state index >= 15 is 0 Å². The van der Waals surface area contributed by atoms with E-state index in [0.717, 1.165) is 30.0 Å². The lowest BCUT2D eigenvalue weighted by Gasteiger charge is -2.04. The van der Waals surface area contributed by atoms with E-state index in [1.807, 2.05) is 13.8 Å². The molecule has 0 aliphatic carbocycles. The Morgan fingerprint density at radius 3 is 2.44 bits per heavy atom. The highest BCUT2D eigenvalue weighted by Crippen LogP contribution is 2.20. The standard InChI is InChI=1S/C12H16ClN5/c1-4-14-5-10-6-15-12(16-7-10)18-9(3)11(13)8(2)17-18/h6-7,14H,4-5H2,1-3H3. The van der Waals surface area contributed by atoms with Crippen molar-refractivity contribution in [2.45, 2.75) is 27.3 Å². The topological polar surface area (TPSA) is 55.6 Å².